The van der Waals surface area contributed by atoms with E-state index in [2.05, 4.69) is 27.1 Å². The SMILES string of the molecule is CN(C)c1nc(N)nc(C(C#N)=Cc2cn(CCC#N)c3ccccc23)n1. The lowest BCUT2D eigenvalue weighted by molar-refractivity contribution is 0.744. The molecule has 0 bridgehead atoms. The van der Waals surface area contributed by atoms with Gasteiger partial charge in [-0.25, -0.2) is 0 Å². The molecule has 0 spiro atoms. The van der Waals surface area contributed by atoms with Crippen molar-refractivity contribution in [3.05, 3.63) is 41.9 Å². The molecule has 0 saturated heterocycles. The number of hydrogen-bond acceptors (Lipinski definition) is 7. The van der Waals surface area contributed by atoms with Crippen LogP contribution in [0.4, 0.5) is 11.9 Å². The zero-order valence-electron chi connectivity index (χ0n) is 15.1. The first kappa shape index (κ1) is 17.9. The molecule has 8 heteroatoms. The Bertz CT molecular complexity index is 1100. The van der Waals surface area contributed by atoms with E-state index in [0.29, 0.717) is 18.9 Å². The van der Waals surface area contributed by atoms with Crippen molar-refractivity contribution >= 4 is 34.4 Å². The molecule has 0 atom stereocenters. The van der Waals surface area contributed by atoms with Gasteiger partial charge < -0.3 is 15.2 Å². The molecule has 0 aliphatic rings. The Morgan fingerprint density at radius 3 is 2.70 bits per heavy atom. The summed E-state index contributed by atoms with van der Waals surface area (Å²) in [7, 11) is 3.58. The number of benzene rings is 1. The summed E-state index contributed by atoms with van der Waals surface area (Å²) in [6.07, 6.45) is 4.07. The maximum absolute atomic E-state index is 9.66. The number of rotatable bonds is 5. The van der Waals surface area contributed by atoms with Crippen molar-refractivity contribution in [1.82, 2.24) is 19.5 Å². The molecule has 2 N–H and O–H groups in total. The number of aryl methyl sites for hydroxylation is 1. The molecule has 0 radical (unpaired) electrons. The third-order valence-corrected chi connectivity index (χ3v) is 3.99. The molecule has 0 aliphatic carbocycles. The van der Waals surface area contributed by atoms with E-state index >= 15 is 0 Å². The Morgan fingerprint density at radius 2 is 2.00 bits per heavy atom. The number of nitriles is 2. The largest absolute Gasteiger partial charge is 0.368 e. The third-order valence-electron chi connectivity index (χ3n) is 3.99. The highest BCUT2D eigenvalue weighted by atomic mass is 15.3. The number of hydrogen-bond donors (Lipinski definition) is 1. The topological polar surface area (TPSA) is 120 Å². The predicted octanol–water partition coefficient (Wildman–Crippen LogP) is 2.45. The van der Waals surface area contributed by atoms with Crippen LogP contribution in [0.1, 0.15) is 17.8 Å². The number of allylic oxidation sites excluding steroid dienone is 1. The highest BCUT2D eigenvalue weighted by Crippen LogP contribution is 2.26. The number of nitrogens with zero attached hydrogens (tertiary/aromatic N) is 7. The van der Waals surface area contributed by atoms with Crippen molar-refractivity contribution in [2.75, 3.05) is 24.7 Å². The van der Waals surface area contributed by atoms with Crippen LogP contribution in [0.2, 0.25) is 0 Å². The zero-order chi connectivity index (χ0) is 19.4. The van der Waals surface area contributed by atoms with Gasteiger partial charge in [0.15, 0.2) is 5.82 Å². The van der Waals surface area contributed by atoms with Gasteiger partial charge in [0, 0.05) is 43.3 Å². The summed E-state index contributed by atoms with van der Waals surface area (Å²) in [6.45, 7) is 0.580. The predicted molar refractivity (Wildman–Crippen MR) is 104 cm³/mol. The van der Waals surface area contributed by atoms with Crippen LogP contribution >= 0.6 is 0 Å². The smallest absolute Gasteiger partial charge is 0.230 e. The number of nitrogens with two attached hydrogens (primary N) is 1. The van der Waals surface area contributed by atoms with Crippen LogP contribution < -0.4 is 10.6 Å². The van der Waals surface area contributed by atoms with Crippen molar-refractivity contribution in [3.8, 4) is 12.1 Å². The van der Waals surface area contributed by atoms with E-state index in [9.17, 15) is 5.26 Å². The summed E-state index contributed by atoms with van der Waals surface area (Å²) in [5, 5.41) is 19.5. The van der Waals surface area contributed by atoms with Crippen molar-refractivity contribution in [2.24, 2.45) is 0 Å². The molecule has 2 heterocycles. The van der Waals surface area contributed by atoms with Gasteiger partial charge in [-0.2, -0.15) is 25.5 Å². The van der Waals surface area contributed by atoms with Gasteiger partial charge in [-0.3, -0.25) is 0 Å². The number of para-hydroxylation sites is 1. The quantitative estimate of drug-likeness (QED) is 0.695. The van der Waals surface area contributed by atoms with Crippen molar-refractivity contribution in [3.63, 3.8) is 0 Å². The molecule has 0 amide bonds. The van der Waals surface area contributed by atoms with E-state index in [-0.39, 0.29) is 17.3 Å². The molecule has 8 nitrogen and oxygen atoms in total. The maximum atomic E-state index is 9.66. The van der Waals surface area contributed by atoms with E-state index < -0.39 is 0 Å². The van der Waals surface area contributed by atoms with Crippen molar-refractivity contribution < 1.29 is 0 Å². The second-order valence-electron chi connectivity index (χ2n) is 6.08. The minimum absolute atomic E-state index is 0.0568. The average Bonchev–Trinajstić information content (AvgIpc) is 3.01. The molecule has 3 rings (SSSR count). The number of anilines is 2. The van der Waals surface area contributed by atoms with Gasteiger partial charge in [-0.15, -0.1) is 0 Å². The highest BCUT2D eigenvalue weighted by Gasteiger charge is 2.13. The lowest BCUT2D eigenvalue weighted by Gasteiger charge is -2.10. The highest BCUT2D eigenvalue weighted by molar-refractivity contribution is 5.97. The molecule has 1 aromatic carbocycles. The molecule has 27 heavy (non-hydrogen) atoms. The Balaban J connectivity index is 2.12. The fourth-order valence-corrected chi connectivity index (χ4v) is 2.75. The summed E-state index contributed by atoms with van der Waals surface area (Å²) in [5.41, 5.74) is 7.91. The molecule has 0 saturated carbocycles. The normalized spacial score (nSPS) is 11.2. The first-order valence-electron chi connectivity index (χ1n) is 8.29. The molecule has 0 unspecified atom stereocenters. The second kappa shape index (κ2) is 7.54. The van der Waals surface area contributed by atoms with Gasteiger partial charge in [-0.1, -0.05) is 18.2 Å². The van der Waals surface area contributed by atoms with Crippen LogP contribution in [-0.4, -0.2) is 33.6 Å². The molecule has 134 valence electrons. The van der Waals surface area contributed by atoms with E-state index in [1.807, 2.05) is 35.0 Å². The summed E-state index contributed by atoms with van der Waals surface area (Å²) in [6, 6.07) is 12.2. The van der Waals surface area contributed by atoms with E-state index in [1.165, 1.54) is 0 Å². The Morgan fingerprint density at radius 1 is 1.22 bits per heavy atom. The summed E-state index contributed by atoms with van der Waals surface area (Å²) in [5.74, 6) is 0.666. The molecular weight excluding hydrogens is 340 g/mol. The number of nitrogen functional groups attached to an aromatic ring is 1. The van der Waals surface area contributed by atoms with Gasteiger partial charge in [0.25, 0.3) is 0 Å². The molecule has 3 aromatic rings. The fourth-order valence-electron chi connectivity index (χ4n) is 2.75. The summed E-state index contributed by atoms with van der Waals surface area (Å²) < 4.78 is 2.01. The Labute approximate surface area is 156 Å². The second-order valence-corrected chi connectivity index (χ2v) is 6.08. The number of aromatic nitrogens is 4. The van der Waals surface area contributed by atoms with Gasteiger partial charge >= 0.3 is 0 Å². The Kier molecular flexibility index (Phi) is 5.00. The van der Waals surface area contributed by atoms with Crippen LogP contribution in [0.5, 0.6) is 0 Å². The first-order chi connectivity index (χ1) is 13.0. The van der Waals surface area contributed by atoms with E-state index in [1.54, 1.807) is 25.1 Å². The number of fused-ring (bicyclic) bond motifs is 1. The standard InChI is InChI=1S/C19H18N8/c1-26(2)19-24-17(23-18(22)25-19)13(11-21)10-14-12-27(9-5-8-20)16-7-4-3-6-15(14)16/h3-4,6-7,10,12H,5,9H2,1-2H3,(H2,22,23,24,25). The van der Waals surface area contributed by atoms with Crippen LogP contribution in [0.3, 0.4) is 0 Å². The minimum Gasteiger partial charge on any atom is -0.368 e. The van der Waals surface area contributed by atoms with E-state index in [4.69, 9.17) is 11.0 Å². The first-order valence-corrected chi connectivity index (χ1v) is 8.29. The van der Waals surface area contributed by atoms with Gasteiger partial charge in [0.05, 0.1) is 18.1 Å². The van der Waals surface area contributed by atoms with Gasteiger partial charge in [0.2, 0.25) is 11.9 Å². The minimum atomic E-state index is 0.0568. The molecule has 2 aromatic heterocycles. The fraction of sp³-hybridized carbons (Fsp3) is 0.211. The Hall–Kier alpha value is -3.91. The van der Waals surface area contributed by atoms with Crippen molar-refractivity contribution in [2.45, 2.75) is 13.0 Å². The zero-order valence-corrected chi connectivity index (χ0v) is 15.1. The van der Waals surface area contributed by atoms with Crippen LogP contribution in [0.25, 0.3) is 22.6 Å². The molecule has 0 aliphatic heterocycles. The summed E-state index contributed by atoms with van der Waals surface area (Å²) in [4.78, 5) is 14.2. The van der Waals surface area contributed by atoms with Crippen LogP contribution in [0.15, 0.2) is 30.5 Å². The average molecular weight is 358 g/mol. The molecule has 0 fully saturated rings. The van der Waals surface area contributed by atoms with Crippen LogP contribution in [-0.2, 0) is 6.54 Å². The third kappa shape index (κ3) is 3.70. The summed E-state index contributed by atoms with van der Waals surface area (Å²) >= 11 is 0. The monoisotopic (exact) mass is 358 g/mol. The lowest BCUT2D eigenvalue weighted by atomic mass is 10.1. The lowest BCUT2D eigenvalue weighted by Crippen LogP contribution is -2.15. The van der Waals surface area contributed by atoms with Crippen molar-refractivity contribution in [1.29, 1.82) is 10.5 Å². The molecular formula is C19H18N8. The van der Waals surface area contributed by atoms with E-state index in [0.717, 1.165) is 16.5 Å². The van der Waals surface area contributed by atoms with Gasteiger partial charge in [-0.05, 0) is 12.1 Å². The maximum Gasteiger partial charge on any atom is 0.230 e. The van der Waals surface area contributed by atoms with Crippen LogP contribution in [0, 0.1) is 22.7 Å². The van der Waals surface area contributed by atoms with Gasteiger partial charge in [0.1, 0.15) is 6.07 Å².